The van der Waals surface area contributed by atoms with Gasteiger partial charge in [0.15, 0.2) is 0 Å². The van der Waals surface area contributed by atoms with E-state index < -0.39 is 0 Å². The van der Waals surface area contributed by atoms with E-state index in [1.165, 1.54) is 11.1 Å². The summed E-state index contributed by atoms with van der Waals surface area (Å²) in [6.45, 7) is 2.47. The lowest BCUT2D eigenvalue weighted by molar-refractivity contribution is -0.0116. The predicted molar refractivity (Wildman–Crippen MR) is 47.3 cm³/mol. The number of hydrogen-bond donors (Lipinski definition) is 0. The predicted octanol–water partition coefficient (Wildman–Crippen LogP) is 2.61. The molecular formula is C10H14FN. The van der Waals surface area contributed by atoms with Crippen LogP contribution in [0.2, 0.25) is 0 Å². The molecule has 0 radical (unpaired) electrons. The van der Waals surface area contributed by atoms with E-state index in [1.807, 2.05) is 6.92 Å². The summed E-state index contributed by atoms with van der Waals surface area (Å²) in [6.07, 6.45) is 7.38. The lowest BCUT2D eigenvalue weighted by Crippen LogP contribution is -2.32. The van der Waals surface area contributed by atoms with Gasteiger partial charge in [0.05, 0.1) is 6.54 Å². The van der Waals surface area contributed by atoms with Crippen molar-refractivity contribution in [1.29, 1.82) is 0 Å². The smallest absolute Gasteiger partial charge is 0.0509 e. The molecule has 1 unspecified atom stereocenters. The molecular weight excluding hydrogens is 153 g/mol. The van der Waals surface area contributed by atoms with Gasteiger partial charge in [0, 0.05) is 6.04 Å². The zero-order valence-electron chi connectivity index (χ0n) is 7.39. The molecule has 1 nitrogen and oxygen atoms in total. The van der Waals surface area contributed by atoms with Crippen LogP contribution in [0.15, 0.2) is 23.3 Å². The Bertz CT molecular complexity index is 242. The van der Waals surface area contributed by atoms with Crippen LogP contribution in [0, 0.1) is 0 Å². The molecule has 0 aromatic rings. The highest BCUT2D eigenvalue weighted by atomic mass is 19.2. The third-order valence-corrected chi connectivity index (χ3v) is 2.72. The minimum atomic E-state index is 0.0616. The van der Waals surface area contributed by atoms with Crippen molar-refractivity contribution in [3.63, 3.8) is 0 Å². The molecule has 0 amide bonds. The summed E-state index contributed by atoms with van der Waals surface area (Å²) in [6, 6.07) is 0.0616. The molecule has 0 spiro atoms. The topological polar surface area (TPSA) is 3.24 Å². The molecule has 2 heteroatoms. The minimum Gasteiger partial charge on any atom is -0.139 e. The van der Waals surface area contributed by atoms with Gasteiger partial charge in [-0.3, -0.25) is 0 Å². The maximum atomic E-state index is 13.1. The van der Waals surface area contributed by atoms with Gasteiger partial charge in [0.2, 0.25) is 0 Å². The Morgan fingerprint density at radius 2 is 2.42 bits per heavy atom. The number of rotatable bonds is 0. The van der Waals surface area contributed by atoms with Crippen molar-refractivity contribution in [3.05, 3.63) is 23.3 Å². The number of hydrogen-bond acceptors (Lipinski definition) is 1. The Morgan fingerprint density at radius 1 is 1.58 bits per heavy atom. The Morgan fingerprint density at radius 3 is 3.25 bits per heavy atom. The van der Waals surface area contributed by atoms with E-state index >= 15 is 0 Å². The summed E-state index contributed by atoms with van der Waals surface area (Å²) in [5.41, 5.74) is 2.68. The fourth-order valence-electron chi connectivity index (χ4n) is 1.91. The van der Waals surface area contributed by atoms with Crippen LogP contribution in [0.25, 0.3) is 0 Å². The molecule has 0 N–H and O–H groups in total. The Balaban J connectivity index is 2.21. The molecule has 1 aliphatic heterocycles. The fraction of sp³-hybridized carbons (Fsp3) is 0.600. The first-order valence-corrected chi connectivity index (χ1v) is 4.57. The molecule has 0 fully saturated rings. The molecule has 66 valence electrons. The molecule has 1 atom stereocenters. The van der Waals surface area contributed by atoms with Gasteiger partial charge in [-0.05, 0) is 37.3 Å². The minimum absolute atomic E-state index is 0.0616. The average Bonchev–Trinajstić information content (AvgIpc) is 2.07. The summed E-state index contributed by atoms with van der Waals surface area (Å²) in [5.74, 6) is 0. The largest absolute Gasteiger partial charge is 0.139 e. The van der Waals surface area contributed by atoms with Crippen molar-refractivity contribution in [2.45, 2.75) is 32.2 Å². The summed E-state index contributed by atoms with van der Waals surface area (Å²) in [7, 11) is 0. The van der Waals surface area contributed by atoms with E-state index in [-0.39, 0.29) is 6.04 Å². The van der Waals surface area contributed by atoms with Gasteiger partial charge >= 0.3 is 0 Å². The lowest BCUT2D eigenvalue weighted by Gasteiger charge is -2.30. The molecule has 0 aromatic heterocycles. The number of nitrogens with zero attached hydrogens (tertiary/aromatic N) is 1. The normalized spacial score (nSPS) is 30.7. The highest BCUT2D eigenvalue weighted by Crippen LogP contribution is 2.29. The molecule has 0 aromatic carbocycles. The highest BCUT2D eigenvalue weighted by molar-refractivity contribution is 5.32. The van der Waals surface area contributed by atoms with Gasteiger partial charge < -0.3 is 0 Å². The van der Waals surface area contributed by atoms with Crippen LogP contribution in [-0.4, -0.2) is 17.7 Å². The quantitative estimate of drug-likeness (QED) is 0.501. The van der Waals surface area contributed by atoms with E-state index in [4.69, 9.17) is 0 Å². The van der Waals surface area contributed by atoms with E-state index in [2.05, 4.69) is 12.2 Å². The summed E-state index contributed by atoms with van der Waals surface area (Å²) < 4.78 is 13.1. The van der Waals surface area contributed by atoms with Crippen LogP contribution in [0.3, 0.4) is 0 Å². The zero-order chi connectivity index (χ0) is 8.55. The first kappa shape index (κ1) is 7.99. The Hall–Kier alpha value is -0.630. The van der Waals surface area contributed by atoms with Gasteiger partial charge in [-0.15, -0.1) is 9.60 Å². The van der Waals surface area contributed by atoms with Crippen LogP contribution in [-0.2, 0) is 0 Å². The third kappa shape index (κ3) is 1.31. The van der Waals surface area contributed by atoms with Gasteiger partial charge in [-0.2, -0.15) is 0 Å². The number of allylic oxidation sites excluding steroid dienone is 2. The molecule has 0 bridgehead atoms. The first-order chi connectivity index (χ1) is 5.77. The van der Waals surface area contributed by atoms with Crippen molar-refractivity contribution in [3.8, 4) is 0 Å². The van der Waals surface area contributed by atoms with Crippen molar-refractivity contribution in [2.75, 3.05) is 6.54 Å². The lowest BCUT2D eigenvalue weighted by atomic mass is 9.90. The van der Waals surface area contributed by atoms with Crippen molar-refractivity contribution < 1.29 is 4.48 Å². The van der Waals surface area contributed by atoms with Crippen LogP contribution >= 0.6 is 0 Å². The molecule has 0 saturated carbocycles. The molecule has 1 aliphatic carbocycles. The van der Waals surface area contributed by atoms with Gasteiger partial charge in [0.25, 0.3) is 0 Å². The fourth-order valence-corrected chi connectivity index (χ4v) is 1.91. The summed E-state index contributed by atoms with van der Waals surface area (Å²) >= 11 is 0. The monoisotopic (exact) mass is 167 g/mol. The first-order valence-electron chi connectivity index (χ1n) is 4.57. The summed E-state index contributed by atoms with van der Waals surface area (Å²) in [4.78, 5) is 0. The van der Waals surface area contributed by atoms with E-state index in [0.717, 1.165) is 24.4 Å². The Labute approximate surface area is 72.5 Å². The van der Waals surface area contributed by atoms with E-state index in [9.17, 15) is 4.48 Å². The van der Waals surface area contributed by atoms with Crippen molar-refractivity contribution in [1.82, 2.24) is 5.12 Å². The second kappa shape index (κ2) is 3.02. The van der Waals surface area contributed by atoms with Gasteiger partial charge in [-0.1, -0.05) is 12.2 Å². The van der Waals surface area contributed by atoms with Gasteiger partial charge in [0.1, 0.15) is 0 Å². The van der Waals surface area contributed by atoms with E-state index in [0.29, 0.717) is 6.54 Å². The van der Waals surface area contributed by atoms with Gasteiger partial charge in [-0.25, -0.2) is 0 Å². The second-order valence-corrected chi connectivity index (χ2v) is 3.68. The Kier molecular flexibility index (Phi) is 2.01. The van der Waals surface area contributed by atoms with E-state index in [1.54, 1.807) is 0 Å². The maximum absolute atomic E-state index is 13.1. The van der Waals surface area contributed by atoms with Crippen LogP contribution in [0.5, 0.6) is 0 Å². The molecule has 2 aliphatic rings. The van der Waals surface area contributed by atoms with Crippen LogP contribution in [0.1, 0.15) is 26.2 Å². The van der Waals surface area contributed by atoms with Crippen LogP contribution < -0.4 is 0 Å². The average molecular weight is 167 g/mol. The van der Waals surface area contributed by atoms with Crippen molar-refractivity contribution >= 4 is 0 Å². The summed E-state index contributed by atoms with van der Waals surface area (Å²) in [5, 5.41) is 0.956. The second-order valence-electron chi connectivity index (χ2n) is 3.68. The van der Waals surface area contributed by atoms with Crippen LogP contribution in [0.4, 0.5) is 4.48 Å². The van der Waals surface area contributed by atoms with Crippen molar-refractivity contribution in [2.24, 2.45) is 0 Å². The molecule has 12 heavy (non-hydrogen) atoms. The zero-order valence-corrected chi connectivity index (χ0v) is 7.39. The standard InChI is InChI=1S/C10H14FN/c1-8-6-9-4-2-3-5-10(9)7-12(8)11/h2,4,8H,3,5-7H2,1H3. The third-order valence-electron chi connectivity index (χ3n) is 2.72. The molecule has 0 saturated heterocycles. The molecule has 2 rings (SSSR count). The number of halogens is 1. The SMILES string of the molecule is CC1CC2=C(CCC=C2)CN1F. The maximum Gasteiger partial charge on any atom is 0.0509 e. The highest BCUT2D eigenvalue weighted by Gasteiger charge is 2.24. The molecule has 1 heterocycles.